The molecule has 2 aliphatic heterocycles. The van der Waals surface area contributed by atoms with E-state index in [0.29, 0.717) is 18.9 Å². The zero-order chi connectivity index (χ0) is 17.0. The highest BCUT2D eigenvalue weighted by atomic mass is 32.2. The molecule has 0 amide bonds. The summed E-state index contributed by atoms with van der Waals surface area (Å²) in [6, 6.07) is 4.31. The van der Waals surface area contributed by atoms with Crippen LogP contribution < -0.4 is 0 Å². The summed E-state index contributed by atoms with van der Waals surface area (Å²) in [5.41, 5.74) is -2.72. The summed E-state index contributed by atoms with van der Waals surface area (Å²) in [5.74, 6) is 0. The van der Waals surface area contributed by atoms with E-state index >= 15 is 0 Å². The van der Waals surface area contributed by atoms with E-state index in [4.69, 9.17) is 5.26 Å². The highest BCUT2D eigenvalue weighted by Crippen LogP contribution is 2.48. The first-order valence-corrected chi connectivity index (χ1v) is 8.76. The van der Waals surface area contributed by atoms with E-state index in [2.05, 4.69) is 0 Å². The fourth-order valence-corrected chi connectivity index (χ4v) is 6.17. The first-order chi connectivity index (χ1) is 10.6. The Bertz CT molecular complexity index is 775. The predicted molar refractivity (Wildman–Crippen MR) is 75.0 cm³/mol. The van der Waals surface area contributed by atoms with Crippen LogP contribution in [0.3, 0.4) is 0 Å². The van der Waals surface area contributed by atoms with Gasteiger partial charge in [0.1, 0.15) is 0 Å². The molecule has 1 aromatic carbocycles. The Morgan fingerprint density at radius 2 is 1.78 bits per heavy atom. The first kappa shape index (κ1) is 16.3. The van der Waals surface area contributed by atoms with Gasteiger partial charge in [0.25, 0.3) is 0 Å². The molecule has 2 aliphatic rings. The van der Waals surface area contributed by atoms with E-state index in [9.17, 15) is 26.7 Å². The molecule has 1 N–H and O–H groups in total. The normalized spacial score (nSPS) is 32.5. The Hall–Kier alpha value is -1.59. The molecule has 0 spiro atoms. The fraction of sp³-hybridized carbons (Fsp3) is 0.533. The Kier molecular flexibility index (Phi) is 3.50. The monoisotopic (exact) mass is 345 g/mol. The minimum atomic E-state index is -4.58. The molecule has 0 radical (unpaired) electrons. The SMILES string of the molecule is N#Cc1cc(C(F)(F)F)ccc1C1(O)CC2CCC(C1)S2(=O)=O. The van der Waals surface area contributed by atoms with Gasteiger partial charge in [-0.05, 0) is 37.8 Å². The maximum atomic E-state index is 12.8. The van der Waals surface area contributed by atoms with E-state index in [0.717, 1.165) is 12.1 Å². The van der Waals surface area contributed by atoms with Crippen molar-refractivity contribution in [1.82, 2.24) is 0 Å². The summed E-state index contributed by atoms with van der Waals surface area (Å²) in [4.78, 5) is 0. The number of halogens is 3. The van der Waals surface area contributed by atoms with Crippen LogP contribution in [0.4, 0.5) is 13.2 Å². The standard InChI is InChI=1S/C15H14F3NO3S/c16-15(17,18)10-1-4-13(9(5-10)8-19)14(20)6-11-2-3-12(7-14)23(11,21)22/h1,4-5,11-12,20H,2-3,6-7H2. The molecule has 0 aromatic heterocycles. The van der Waals surface area contributed by atoms with Gasteiger partial charge in [0.05, 0.1) is 33.3 Å². The summed E-state index contributed by atoms with van der Waals surface area (Å²) in [6.45, 7) is 0. The van der Waals surface area contributed by atoms with Crippen molar-refractivity contribution in [2.75, 3.05) is 0 Å². The third-order valence-corrected chi connectivity index (χ3v) is 7.50. The van der Waals surface area contributed by atoms with Crippen LogP contribution in [-0.2, 0) is 21.6 Å². The van der Waals surface area contributed by atoms with Gasteiger partial charge in [-0.15, -0.1) is 0 Å². The molecule has 2 saturated heterocycles. The average Bonchev–Trinajstić information content (AvgIpc) is 2.65. The number of sulfone groups is 1. The molecule has 2 atom stereocenters. The van der Waals surface area contributed by atoms with E-state index < -0.39 is 37.7 Å². The summed E-state index contributed by atoms with van der Waals surface area (Å²) in [7, 11) is -3.28. The molecule has 23 heavy (non-hydrogen) atoms. The van der Waals surface area contributed by atoms with Crippen LogP contribution in [-0.4, -0.2) is 24.0 Å². The minimum absolute atomic E-state index is 0.0775. The number of rotatable bonds is 1. The second-order valence-corrected chi connectivity index (χ2v) is 8.73. The van der Waals surface area contributed by atoms with Crippen LogP contribution in [0.25, 0.3) is 0 Å². The third-order valence-electron chi connectivity index (χ3n) is 4.84. The Morgan fingerprint density at radius 3 is 2.26 bits per heavy atom. The minimum Gasteiger partial charge on any atom is -0.385 e. The van der Waals surface area contributed by atoms with Gasteiger partial charge in [0.15, 0.2) is 9.84 Å². The van der Waals surface area contributed by atoms with E-state index in [1.807, 2.05) is 0 Å². The summed E-state index contributed by atoms with van der Waals surface area (Å²) < 4.78 is 62.5. The van der Waals surface area contributed by atoms with Crippen molar-refractivity contribution in [3.8, 4) is 6.07 Å². The van der Waals surface area contributed by atoms with Crippen molar-refractivity contribution in [1.29, 1.82) is 5.26 Å². The molecule has 2 heterocycles. The van der Waals surface area contributed by atoms with E-state index in [1.54, 1.807) is 6.07 Å². The number of benzene rings is 1. The smallest absolute Gasteiger partial charge is 0.385 e. The molecule has 2 fully saturated rings. The van der Waals surface area contributed by atoms with Crippen molar-refractivity contribution in [3.05, 3.63) is 34.9 Å². The van der Waals surface area contributed by atoms with Crippen LogP contribution in [0.5, 0.6) is 0 Å². The number of fused-ring (bicyclic) bond motifs is 2. The van der Waals surface area contributed by atoms with Crippen molar-refractivity contribution in [2.45, 2.75) is 48.0 Å². The zero-order valence-corrected chi connectivity index (χ0v) is 12.8. The average molecular weight is 345 g/mol. The van der Waals surface area contributed by atoms with Gasteiger partial charge >= 0.3 is 6.18 Å². The van der Waals surface area contributed by atoms with E-state index in [1.165, 1.54) is 0 Å². The van der Waals surface area contributed by atoms with Crippen molar-refractivity contribution < 1.29 is 26.7 Å². The van der Waals surface area contributed by atoms with Crippen LogP contribution in [0, 0.1) is 11.3 Å². The van der Waals surface area contributed by atoms with Crippen LogP contribution in [0.15, 0.2) is 18.2 Å². The van der Waals surface area contributed by atoms with Crippen molar-refractivity contribution in [3.63, 3.8) is 0 Å². The van der Waals surface area contributed by atoms with Crippen molar-refractivity contribution >= 4 is 9.84 Å². The molecule has 2 bridgehead atoms. The van der Waals surface area contributed by atoms with Gasteiger partial charge < -0.3 is 5.11 Å². The summed E-state index contributed by atoms with van der Waals surface area (Å²) in [5, 5.41) is 18.6. The number of nitrogens with zero attached hydrogens (tertiary/aromatic N) is 1. The van der Waals surface area contributed by atoms with Gasteiger partial charge in [0, 0.05) is 5.56 Å². The maximum Gasteiger partial charge on any atom is 0.416 e. The van der Waals surface area contributed by atoms with Gasteiger partial charge in [-0.25, -0.2) is 8.42 Å². The van der Waals surface area contributed by atoms with Crippen LogP contribution in [0.1, 0.15) is 42.4 Å². The third kappa shape index (κ3) is 2.52. The maximum absolute atomic E-state index is 12.8. The number of hydrogen-bond acceptors (Lipinski definition) is 4. The molecule has 4 nitrogen and oxygen atoms in total. The Morgan fingerprint density at radius 1 is 1.22 bits per heavy atom. The lowest BCUT2D eigenvalue weighted by Crippen LogP contribution is -2.43. The molecule has 0 aliphatic carbocycles. The lowest BCUT2D eigenvalue weighted by Gasteiger charge is -2.37. The number of nitriles is 1. The molecule has 2 unspecified atom stereocenters. The zero-order valence-electron chi connectivity index (χ0n) is 12.0. The Labute approximate surface area is 131 Å². The number of aliphatic hydroxyl groups is 1. The fourth-order valence-electron chi connectivity index (χ4n) is 3.68. The van der Waals surface area contributed by atoms with Crippen LogP contribution in [0.2, 0.25) is 0 Å². The van der Waals surface area contributed by atoms with Crippen LogP contribution >= 0.6 is 0 Å². The first-order valence-electron chi connectivity index (χ1n) is 7.15. The second kappa shape index (κ2) is 4.95. The lowest BCUT2D eigenvalue weighted by molar-refractivity contribution is -0.137. The summed E-state index contributed by atoms with van der Waals surface area (Å²) in [6.07, 6.45) is -3.85. The summed E-state index contributed by atoms with van der Waals surface area (Å²) >= 11 is 0. The molecule has 8 heteroatoms. The molecular formula is C15H14F3NO3S. The van der Waals surface area contributed by atoms with E-state index in [-0.39, 0.29) is 24.0 Å². The largest absolute Gasteiger partial charge is 0.416 e. The highest BCUT2D eigenvalue weighted by molar-refractivity contribution is 7.93. The second-order valence-electron chi connectivity index (χ2n) is 6.22. The molecule has 0 saturated carbocycles. The Balaban J connectivity index is 2.04. The number of hydrogen-bond donors (Lipinski definition) is 1. The van der Waals surface area contributed by atoms with Crippen molar-refractivity contribution in [2.24, 2.45) is 0 Å². The van der Waals surface area contributed by atoms with Gasteiger partial charge in [-0.2, -0.15) is 18.4 Å². The molecular weight excluding hydrogens is 331 g/mol. The van der Waals surface area contributed by atoms with Gasteiger partial charge in [-0.1, -0.05) is 6.07 Å². The van der Waals surface area contributed by atoms with Gasteiger partial charge in [-0.3, -0.25) is 0 Å². The topological polar surface area (TPSA) is 78.2 Å². The molecule has 3 rings (SSSR count). The quantitative estimate of drug-likeness (QED) is 0.848. The highest BCUT2D eigenvalue weighted by Gasteiger charge is 2.53. The predicted octanol–water partition coefficient (Wildman–Crippen LogP) is 2.50. The molecule has 124 valence electrons. The molecule has 1 aromatic rings. The number of alkyl halides is 3. The lowest BCUT2D eigenvalue weighted by atomic mass is 9.83. The van der Waals surface area contributed by atoms with Gasteiger partial charge in [0.2, 0.25) is 0 Å².